The molecule has 0 bridgehead atoms. The predicted octanol–water partition coefficient (Wildman–Crippen LogP) is 4.80. The monoisotopic (exact) mass is 442 g/mol. The van der Waals surface area contributed by atoms with Gasteiger partial charge in [-0.15, -0.1) is 0 Å². The highest BCUT2D eigenvalue weighted by Gasteiger charge is 2.46. The number of ketones is 1. The Labute approximate surface area is 193 Å². The van der Waals surface area contributed by atoms with Crippen molar-refractivity contribution in [3.63, 3.8) is 0 Å². The summed E-state index contributed by atoms with van der Waals surface area (Å²) in [5.74, 6) is -0.896. The second-order valence-electron chi connectivity index (χ2n) is 8.39. The van der Waals surface area contributed by atoms with Gasteiger partial charge in [0, 0.05) is 24.5 Å². The summed E-state index contributed by atoms with van der Waals surface area (Å²) >= 11 is 0. The van der Waals surface area contributed by atoms with E-state index in [1.807, 2.05) is 51.1 Å². The van der Waals surface area contributed by atoms with Gasteiger partial charge in [-0.2, -0.15) is 0 Å². The third kappa shape index (κ3) is 4.65. The Bertz CT molecular complexity index is 1180. The van der Waals surface area contributed by atoms with Gasteiger partial charge in [0.05, 0.1) is 17.7 Å². The van der Waals surface area contributed by atoms with Gasteiger partial charge in [0.1, 0.15) is 11.5 Å². The summed E-state index contributed by atoms with van der Waals surface area (Å²) in [6.07, 6.45) is 3.34. The molecule has 0 spiro atoms. The van der Waals surface area contributed by atoms with E-state index in [0.29, 0.717) is 11.3 Å². The van der Waals surface area contributed by atoms with Crippen molar-refractivity contribution in [1.82, 2.24) is 9.88 Å². The molecule has 1 amide bonds. The van der Waals surface area contributed by atoms with Gasteiger partial charge in [0.15, 0.2) is 0 Å². The van der Waals surface area contributed by atoms with E-state index < -0.39 is 17.7 Å². The Balaban J connectivity index is 1.79. The van der Waals surface area contributed by atoms with Crippen LogP contribution in [0.5, 0.6) is 5.75 Å². The molecule has 1 fully saturated rings. The fourth-order valence-corrected chi connectivity index (χ4v) is 3.95. The van der Waals surface area contributed by atoms with E-state index in [4.69, 9.17) is 4.74 Å². The molecule has 2 aromatic carbocycles. The van der Waals surface area contributed by atoms with Crippen molar-refractivity contribution in [2.75, 3.05) is 0 Å². The summed E-state index contributed by atoms with van der Waals surface area (Å²) in [5, 5.41) is 11.2. The molecule has 6 nitrogen and oxygen atoms in total. The first-order valence-electron chi connectivity index (χ1n) is 10.9. The van der Waals surface area contributed by atoms with Crippen molar-refractivity contribution in [2.45, 2.75) is 39.5 Å². The average molecular weight is 443 g/mol. The van der Waals surface area contributed by atoms with E-state index in [1.165, 1.54) is 4.90 Å². The van der Waals surface area contributed by atoms with E-state index in [1.54, 1.807) is 42.7 Å². The summed E-state index contributed by atoms with van der Waals surface area (Å²) in [6.45, 7) is 6.03. The lowest BCUT2D eigenvalue weighted by Crippen LogP contribution is -2.29. The molecule has 1 atom stereocenters. The van der Waals surface area contributed by atoms with Crippen molar-refractivity contribution >= 4 is 17.4 Å². The second-order valence-corrected chi connectivity index (χ2v) is 8.39. The predicted molar refractivity (Wildman–Crippen MR) is 125 cm³/mol. The minimum absolute atomic E-state index is 0.0174. The lowest BCUT2D eigenvalue weighted by atomic mass is 9.94. The molecule has 168 valence electrons. The highest BCUT2D eigenvalue weighted by atomic mass is 16.5. The zero-order chi connectivity index (χ0) is 23.5. The molecule has 1 aliphatic rings. The van der Waals surface area contributed by atoms with Crippen LogP contribution in [0.15, 0.2) is 78.6 Å². The van der Waals surface area contributed by atoms with Crippen LogP contribution in [0.1, 0.15) is 42.1 Å². The molecule has 0 unspecified atom stereocenters. The quantitative estimate of drug-likeness (QED) is 0.337. The minimum atomic E-state index is -0.711. The standard InChI is InChI=1S/C27H26N2O4/c1-17(2)33-22-12-10-21(11-13-22)25(30)23-24(20-8-6-18(3)7-9-20)29(27(32)26(23)31)16-19-5-4-14-28-15-19/h4-15,17,24,30H,16H2,1-3H3/t24-/m1/s1. The van der Waals surface area contributed by atoms with Crippen molar-refractivity contribution in [2.24, 2.45) is 0 Å². The van der Waals surface area contributed by atoms with Crippen LogP contribution in [0.4, 0.5) is 0 Å². The molecule has 1 saturated heterocycles. The SMILES string of the molecule is Cc1ccc([C@@H]2C(=C(O)c3ccc(OC(C)C)cc3)C(=O)C(=O)N2Cc2cccnc2)cc1. The van der Waals surface area contributed by atoms with E-state index >= 15 is 0 Å². The summed E-state index contributed by atoms with van der Waals surface area (Å²) in [5.41, 5.74) is 3.13. The van der Waals surface area contributed by atoms with Gasteiger partial charge in [-0.3, -0.25) is 14.6 Å². The first kappa shape index (κ1) is 22.3. The lowest BCUT2D eigenvalue weighted by molar-refractivity contribution is -0.140. The Morgan fingerprint density at radius 1 is 1.06 bits per heavy atom. The number of aryl methyl sites for hydroxylation is 1. The van der Waals surface area contributed by atoms with Crippen LogP contribution in [0, 0.1) is 6.92 Å². The fraction of sp³-hybridized carbons (Fsp3) is 0.222. The number of Topliss-reactive ketones (excluding diaryl/α,β-unsaturated/α-hetero) is 1. The van der Waals surface area contributed by atoms with Crippen LogP contribution in [0.3, 0.4) is 0 Å². The van der Waals surface area contributed by atoms with Crippen molar-refractivity contribution in [3.8, 4) is 5.75 Å². The maximum Gasteiger partial charge on any atom is 0.295 e. The number of benzene rings is 2. The van der Waals surface area contributed by atoms with Gasteiger partial charge >= 0.3 is 0 Å². The Morgan fingerprint density at radius 3 is 2.36 bits per heavy atom. The zero-order valence-corrected chi connectivity index (χ0v) is 18.9. The molecule has 3 aromatic rings. The number of pyridine rings is 1. The topological polar surface area (TPSA) is 79.7 Å². The van der Waals surface area contributed by atoms with E-state index in [9.17, 15) is 14.7 Å². The number of aliphatic hydroxyl groups excluding tert-OH is 1. The van der Waals surface area contributed by atoms with Gasteiger partial charge in [0.25, 0.3) is 11.7 Å². The second kappa shape index (κ2) is 9.28. The van der Waals surface area contributed by atoms with Crippen LogP contribution < -0.4 is 4.74 Å². The Hall–Kier alpha value is -3.93. The van der Waals surface area contributed by atoms with Crippen molar-refractivity contribution < 1.29 is 19.4 Å². The summed E-state index contributed by atoms with van der Waals surface area (Å²) in [4.78, 5) is 31.8. The molecule has 0 radical (unpaired) electrons. The number of likely N-dealkylation sites (tertiary alicyclic amines) is 1. The summed E-state index contributed by atoms with van der Waals surface area (Å²) in [6, 6.07) is 17.4. The zero-order valence-electron chi connectivity index (χ0n) is 18.9. The molecule has 0 saturated carbocycles. The van der Waals surface area contributed by atoms with Crippen molar-refractivity contribution in [3.05, 3.63) is 101 Å². The first-order valence-corrected chi connectivity index (χ1v) is 10.9. The number of carbonyl (C=O) groups is 2. The largest absolute Gasteiger partial charge is 0.507 e. The first-order chi connectivity index (χ1) is 15.8. The van der Waals surface area contributed by atoms with Crippen LogP contribution in [-0.4, -0.2) is 32.8 Å². The van der Waals surface area contributed by atoms with Crippen LogP contribution in [0.25, 0.3) is 5.76 Å². The Morgan fingerprint density at radius 2 is 1.76 bits per heavy atom. The van der Waals surface area contributed by atoms with Gasteiger partial charge in [-0.25, -0.2) is 0 Å². The molecule has 1 N–H and O–H groups in total. The number of aliphatic hydroxyl groups is 1. The molecule has 33 heavy (non-hydrogen) atoms. The molecule has 2 heterocycles. The summed E-state index contributed by atoms with van der Waals surface area (Å²) < 4.78 is 5.66. The van der Waals surface area contributed by atoms with Gasteiger partial charge in [-0.1, -0.05) is 35.9 Å². The maximum atomic E-state index is 13.1. The normalized spacial score (nSPS) is 17.6. The molecule has 4 rings (SSSR count). The molecule has 1 aromatic heterocycles. The van der Waals surface area contributed by atoms with Gasteiger partial charge in [-0.05, 0) is 62.2 Å². The van der Waals surface area contributed by atoms with Gasteiger partial charge in [0.2, 0.25) is 0 Å². The van der Waals surface area contributed by atoms with E-state index in [2.05, 4.69) is 4.98 Å². The smallest absolute Gasteiger partial charge is 0.295 e. The molecular formula is C27H26N2O4. The molecule has 1 aliphatic heterocycles. The number of hydrogen-bond donors (Lipinski definition) is 1. The van der Waals surface area contributed by atoms with Crippen LogP contribution in [-0.2, 0) is 16.1 Å². The summed E-state index contributed by atoms with van der Waals surface area (Å²) in [7, 11) is 0. The Kier molecular flexibility index (Phi) is 6.27. The van der Waals surface area contributed by atoms with Gasteiger partial charge < -0.3 is 14.7 Å². The molecular weight excluding hydrogens is 416 g/mol. The number of ether oxygens (including phenoxy) is 1. The minimum Gasteiger partial charge on any atom is -0.507 e. The number of aromatic nitrogens is 1. The highest BCUT2D eigenvalue weighted by molar-refractivity contribution is 6.46. The third-order valence-corrected chi connectivity index (χ3v) is 5.51. The van der Waals surface area contributed by atoms with Crippen molar-refractivity contribution in [1.29, 1.82) is 0 Å². The highest BCUT2D eigenvalue weighted by Crippen LogP contribution is 2.40. The average Bonchev–Trinajstić information content (AvgIpc) is 3.05. The fourth-order valence-electron chi connectivity index (χ4n) is 3.95. The van der Waals surface area contributed by atoms with Crippen LogP contribution in [0.2, 0.25) is 0 Å². The number of amides is 1. The van der Waals surface area contributed by atoms with Crippen LogP contribution >= 0.6 is 0 Å². The third-order valence-electron chi connectivity index (χ3n) is 5.51. The molecule has 0 aliphatic carbocycles. The lowest BCUT2D eigenvalue weighted by Gasteiger charge is -2.25. The number of rotatable bonds is 6. The molecule has 6 heteroatoms. The number of hydrogen-bond acceptors (Lipinski definition) is 5. The number of nitrogens with zero attached hydrogens (tertiary/aromatic N) is 2. The maximum absolute atomic E-state index is 13.1. The van der Waals surface area contributed by atoms with E-state index in [0.717, 1.165) is 16.7 Å². The number of carbonyl (C=O) groups excluding carboxylic acids is 2. The van der Waals surface area contributed by atoms with E-state index in [-0.39, 0.29) is 24.0 Å².